The third kappa shape index (κ3) is 4.25. The van der Waals surface area contributed by atoms with E-state index in [4.69, 9.17) is 0 Å². The van der Waals surface area contributed by atoms with Crippen molar-refractivity contribution < 1.29 is 9.90 Å². The van der Waals surface area contributed by atoms with Crippen molar-refractivity contribution in [2.75, 3.05) is 19.6 Å². The highest BCUT2D eigenvalue weighted by molar-refractivity contribution is 5.75. The molecular weight excluding hydrogens is 228 g/mol. The van der Waals surface area contributed by atoms with Crippen LogP contribution in [0.4, 0.5) is 0 Å². The monoisotopic (exact) mass is 254 g/mol. The summed E-state index contributed by atoms with van der Waals surface area (Å²) in [6.07, 6.45) is 6.88. The van der Waals surface area contributed by atoms with Gasteiger partial charge in [-0.15, -0.1) is 0 Å². The van der Waals surface area contributed by atoms with Gasteiger partial charge in [0.15, 0.2) is 0 Å². The maximum atomic E-state index is 11.7. The van der Waals surface area contributed by atoms with Gasteiger partial charge in [-0.3, -0.25) is 4.79 Å². The highest BCUT2D eigenvalue weighted by Crippen LogP contribution is 2.23. The molecule has 2 fully saturated rings. The zero-order valence-corrected chi connectivity index (χ0v) is 11.2. The van der Waals surface area contributed by atoms with Crippen LogP contribution in [0.1, 0.15) is 44.9 Å². The third-order valence-electron chi connectivity index (χ3n) is 4.37. The topological polar surface area (TPSA) is 61.4 Å². The molecule has 0 radical (unpaired) electrons. The van der Waals surface area contributed by atoms with Crippen molar-refractivity contribution in [1.82, 2.24) is 10.6 Å². The van der Waals surface area contributed by atoms with E-state index in [0.717, 1.165) is 38.8 Å². The first-order chi connectivity index (χ1) is 8.75. The Balaban J connectivity index is 1.58. The largest absolute Gasteiger partial charge is 0.393 e. The number of carbonyl (C=O) groups excluding carboxylic acids is 1. The Morgan fingerprint density at radius 2 is 2.11 bits per heavy atom. The summed E-state index contributed by atoms with van der Waals surface area (Å²) in [7, 11) is 0. The van der Waals surface area contributed by atoms with Crippen molar-refractivity contribution in [1.29, 1.82) is 0 Å². The Morgan fingerprint density at radius 3 is 2.83 bits per heavy atom. The summed E-state index contributed by atoms with van der Waals surface area (Å²) >= 11 is 0. The van der Waals surface area contributed by atoms with E-state index in [-0.39, 0.29) is 17.9 Å². The molecule has 4 heteroatoms. The highest BCUT2D eigenvalue weighted by atomic mass is 16.3. The summed E-state index contributed by atoms with van der Waals surface area (Å²) in [6.45, 7) is 2.82. The Bertz CT molecular complexity index is 265. The summed E-state index contributed by atoms with van der Waals surface area (Å²) in [5.74, 6) is 1.10. The van der Waals surface area contributed by atoms with Crippen LogP contribution in [0.3, 0.4) is 0 Å². The second-order valence-corrected chi connectivity index (χ2v) is 5.81. The fraction of sp³-hybridized carbons (Fsp3) is 0.929. The van der Waals surface area contributed by atoms with Crippen molar-refractivity contribution in [2.45, 2.75) is 51.0 Å². The van der Waals surface area contributed by atoms with Gasteiger partial charge in [-0.1, -0.05) is 12.8 Å². The fourth-order valence-electron chi connectivity index (χ4n) is 3.06. The van der Waals surface area contributed by atoms with Crippen molar-refractivity contribution in [2.24, 2.45) is 11.8 Å². The summed E-state index contributed by atoms with van der Waals surface area (Å²) < 4.78 is 0. The van der Waals surface area contributed by atoms with Crippen LogP contribution in [-0.2, 0) is 4.79 Å². The zero-order chi connectivity index (χ0) is 12.8. The average Bonchev–Trinajstić information content (AvgIpc) is 2.88. The van der Waals surface area contributed by atoms with Crippen LogP contribution in [0, 0.1) is 11.8 Å². The first kappa shape index (κ1) is 13.8. The van der Waals surface area contributed by atoms with Crippen LogP contribution >= 0.6 is 0 Å². The molecule has 1 aliphatic heterocycles. The van der Waals surface area contributed by atoms with E-state index in [1.54, 1.807) is 0 Å². The minimum absolute atomic E-state index is 0.152. The first-order valence-corrected chi connectivity index (χ1v) is 7.41. The van der Waals surface area contributed by atoms with Gasteiger partial charge in [-0.05, 0) is 44.7 Å². The lowest BCUT2D eigenvalue weighted by Crippen LogP contribution is -2.36. The zero-order valence-electron chi connectivity index (χ0n) is 11.2. The molecule has 0 spiro atoms. The van der Waals surface area contributed by atoms with E-state index < -0.39 is 0 Å². The molecule has 4 nitrogen and oxygen atoms in total. The number of rotatable bonds is 5. The molecule has 1 amide bonds. The predicted molar refractivity (Wildman–Crippen MR) is 71.2 cm³/mol. The molecule has 1 saturated carbocycles. The Kier molecular flexibility index (Phi) is 5.45. The lowest BCUT2D eigenvalue weighted by atomic mass is 9.86. The minimum Gasteiger partial charge on any atom is -0.393 e. The summed E-state index contributed by atoms with van der Waals surface area (Å²) in [5.41, 5.74) is 0. The van der Waals surface area contributed by atoms with E-state index in [1.807, 2.05) is 0 Å². The molecule has 0 aromatic heterocycles. The molecule has 3 atom stereocenters. The number of hydrogen-bond acceptors (Lipinski definition) is 3. The van der Waals surface area contributed by atoms with Crippen LogP contribution in [0.5, 0.6) is 0 Å². The lowest BCUT2D eigenvalue weighted by Gasteiger charge is -2.27. The highest BCUT2D eigenvalue weighted by Gasteiger charge is 2.23. The van der Waals surface area contributed by atoms with Crippen molar-refractivity contribution >= 4 is 5.91 Å². The SMILES string of the molecule is O=C(CCC1CCNC1)NCC1CCCCC1O. The molecule has 0 aromatic carbocycles. The maximum Gasteiger partial charge on any atom is 0.220 e. The van der Waals surface area contributed by atoms with Crippen LogP contribution in [0.15, 0.2) is 0 Å². The van der Waals surface area contributed by atoms with Crippen molar-refractivity contribution in [3.05, 3.63) is 0 Å². The molecular formula is C14H26N2O2. The Labute approximate surface area is 110 Å². The number of aliphatic hydroxyl groups is 1. The van der Waals surface area contributed by atoms with Crippen molar-refractivity contribution in [3.8, 4) is 0 Å². The molecule has 0 aromatic rings. The fourth-order valence-corrected chi connectivity index (χ4v) is 3.06. The second-order valence-electron chi connectivity index (χ2n) is 5.81. The van der Waals surface area contributed by atoms with Gasteiger partial charge in [0.1, 0.15) is 0 Å². The van der Waals surface area contributed by atoms with Crippen LogP contribution in [0.2, 0.25) is 0 Å². The predicted octanol–water partition coefficient (Wildman–Crippen LogP) is 1.04. The van der Waals surface area contributed by atoms with Crippen LogP contribution in [-0.4, -0.2) is 36.8 Å². The standard InChI is InChI=1S/C14H26N2O2/c17-13-4-2-1-3-12(13)10-16-14(18)6-5-11-7-8-15-9-11/h11-13,15,17H,1-10H2,(H,16,18). The van der Waals surface area contributed by atoms with E-state index in [9.17, 15) is 9.90 Å². The van der Waals surface area contributed by atoms with Gasteiger partial charge in [0.05, 0.1) is 6.10 Å². The van der Waals surface area contributed by atoms with Crippen LogP contribution in [0.25, 0.3) is 0 Å². The van der Waals surface area contributed by atoms with E-state index in [1.165, 1.54) is 12.8 Å². The smallest absolute Gasteiger partial charge is 0.220 e. The van der Waals surface area contributed by atoms with Gasteiger partial charge in [0, 0.05) is 18.9 Å². The molecule has 1 heterocycles. The second kappa shape index (κ2) is 7.10. The maximum absolute atomic E-state index is 11.7. The molecule has 104 valence electrons. The molecule has 18 heavy (non-hydrogen) atoms. The molecule has 2 rings (SSSR count). The minimum atomic E-state index is -0.210. The molecule has 3 N–H and O–H groups in total. The number of carbonyl (C=O) groups is 1. The normalized spacial score (nSPS) is 32.4. The quantitative estimate of drug-likeness (QED) is 0.687. The van der Waals surface area contributed by atoms with Gasteiger partial charge in [0.25, 0.3) is 0 Å². The van der Waals surface area contributed by atoms with Crippen molar-refractivity contribution in [3.63, 3.8) is 0 Å². The van der Waals surface area contributed by atoms with Gasteiger partial charge in [-0.25, -0.2) is 0 Å². The third-order valence-corrected chi connectivity index (χ3v) is 4.37. The average molecular weight is 254 g/mol. The van der Waals surface area contributed by atoms with Crippen LogP contribution < -0.4 is 10.6 Å². The van der Waals surface area contributed by atoms with Gasteiger partial charge < -0.3 is 15.7 Å². The number of nitrogens with one attached hydrogen (secondary N) is 2. The number of amides is 1. The molecule has 3 unspecified atom stereocenters. The van der Waals surface area contributed by atoms with E-state index in [2.05, 4.69) is 10.6 Å². The van der Waals surface area contributed by atoms with Gasteiger partial charge in [-0.2, -0.15) is 0 Å². The van der Waals surface area contributed by atoms with E-state index in [0.29, 0.717) is 18.9 Å². The molecule has 1 saturated heterocycles. The van der Waals surface area contributed by atoms with E-state index >= 15 is 0 Å². The molecule has 0 bridgehead atoms. The summed E-state index contributed by atoms with van der Waals surface area (Å²) in [5, 5.41) is 16.1. The molecule has 2 aliphatic rings. The number of aliphatic hydroxyl groups excluding tert-OH is 1. The first-order valence-electron chi connectivity index (χ1n) is 7.41. The van der Waals surface area contributed by atoms with Gasteiger partial charge >= 0.3 is 0 Å². The lowest BCUT2D eigenvalue weighted by molar-refractivity contribution is -0.121. The van der Waals surface area contributed by atoms with Gasteiger partial charge in [0.2, 0.25) is 5.91 Å². The Morgan fingerprint density at radius 1 is 1.28 bits per heavy atom. The molecule has 1 aliphatic carbocycles. The number of hydrogen-bond donors (Lipinski definition) is 3. The summed E-state index contributed by atoms with van der Waals surface area (Å²) in [6, 6.07) is 0. The summed E-state index contributed by atoms with van der Waals surface area (Å²) in [4.78, 5) is 11.7. The Hall–Kier alpha value is -0.610.